The largest absolute Gasteiger partial charge is 0.393 e. The molecule has 0 spiro atoms. The topological polar surface area (TPSA) is 29.3 Å². The van der Waals surface area contributed by atoms with Gasteiger partial charge in [-0.05, 0) is 39.2 Å². The Morgan fingerprint density at radius 2 is 2.08 bits per heavy atom. The molecule has 0 bridgehead atoms. The van der Waals surface area contributed by atoms with Crippen molar-refractivity contribution in [1.82, 2.24) is 4.90 Å². The third-order valence-electron chi connectivity index (χ3n) is 2.97. The molecule has 0 heterocycles. The van der Waals surface area contributed by atoms with Crippen molar-refractivity contribution in [3.05, 3.63) is 0 Å². The van der Waals surface area contributed by atoms with Crippen LogP contribution in [0.2, 0.25) is 0 Å². The summed E-state index contributed by atoms with van der Waals surface area (Å²) in [6.45, 7) is 5.58. The van der Waals surface area contributed by atoms with Gasteiger partial charge < -0.3 is 10.6 Å². The molecule has 0 amide bonds. The summed E-state index contributed by atoms with van der Waals surface area (Å²) >= 11 is 4.96. The smallest absolute Gasteiger partial charge is 0.0733 e. The molecular formula is C10H20N2S. The normalized spacial score (nSPS) is 19.5. The van der Waals surface area contributed by atoms with Gasteiger partial charge in [0.05, 0.1) is 4.99 Å². The third kappa shape index (κ3) is 3.24. The van der Waals surface area contributed by atoms with E-state index in [1.807, 2.05) is 0 Å². The van der Waals surface area contributed by atoms with E-state index in [4.69, 9.17) is 18.0 Å². The summed E-state index contributed by atoms with van der Waals surface area (Å²) in [7, 11) is 2.17. The number of nitrogens with two attached hydrogens (primary N) is 1. The van der Waals surface area contributed by atoms with Gasteiger partial charge in [-0.3, -0.25) is 0 Å². The van der Waals surface area contributed by atoms with Gasteiger partial charge in [0.15, 0.2) is 0 Å². The molecule has 0 aromatic heterocycles. The summed E-state index contributed by atoms with van der Waals surface area (Å²) in [6.07, 6.45) is 3.52. The summed E-state index contributed by atoms with van der Waals surface area (Å²) in [5.41, 5.74) is 6.02. The molecule has 0 radical (unpaired) electrons. The van der Waals surface area contributed by atoms with Gasteiger partial charge in [-0.25, -0.2) is 0 Å². The number of hydrogen-bond donors (Lipinski definition) is 1. The lowest BCUT2D eigenvalue weighted by molar-refractivity contribution is 0.222. The second-order valence-electron chi connectivity index (χ2n) is 4.65. The van der Waals surface area contributed by atoms with E-state index < -0.39 is 0 Å². The highest BCUT2D eigenvalue weighted by Crippen LogP contribution is 2.49. The Balaban J connectivity index is 2.39. The fourth-order valence-corrected chi connectivity index (χ4v) is 1.95. The fraction of sp³-hybridized carbons (Fsp3) is 0.900. The van der Waals surface area contributed by atoms with Crippen LogP contribution >= 0.6 is 12.2 Å². The van der Waals surface area contributed by atoms with Crippen LogP contribution in [0.15, 0.2) is 0 Å². The maximum Gasteiger partial charge on any atom is 0.0733 e. The second-order valence-corrected chi connectivity index (χ2v) is 5.18. The second kappa shape index (κ2) is 3.93. The van der Waals surface area contributed by atoms with Crippen molar-refractivity contribution < 1.29 is 0 Å². The Bertz CT molecular complexity index is 197. The first kappa shape index (κ1) is 10.9. The van der Waals surface area contributed by atoms with Crippen molar-refractivity contribution in [1.29, 1.82) is 0 Å². The molecule has 13 heavy (non-hydrogen) atoms. The molecule has 0 aromatic carbocycles. The summed E-state index contributed by atoms with van der Waals surface area (Å²) in [5.74, 6) is 0. The lowest BCUT2D eigenvalue weighted by Crippen LogP contribution is -2.34. The Morgan fingerprint density at radius 1 is 1.54 bits per heavy atom. The van der Waals surface area contributed by atoms with E-state index in [9.17, 15) is 0 Å². The summed E-state index contributed by atoms with van der Waals surface area (Å²) < 4.78 is 0. The molecule has 1 aliphatic rings. The Labute approximate surface area is 86.5 Å². The van der Waals surface area contributed by atoms with E-state index in [1.54, 1.807) is 0 Å². The molecule has 0 atom stereocenters. The lowest BCUT2D eigenvalue weighted by Gasteiger charge is -2.26. The van der Waals surface area contributed by atoms with Crippen LogP contribution in [0, 0.1) is 5.41 Å². The van der Waals surface area contributed by atoms with Crippen molar-refractivity contribution in [3.8, 4) is 0 Å². The highest BCUT2D eigenvalue weighted by molar-refractivity contribution is 7.80. The average molecular weight is 200 g/mol. The van der Waals surface area contributed by atoms with Crippen LogP contribution in [0.3, 0.4) is 0 Å². The van der Waals surface area contributed by atoms with E-state index in [0.717, 1.165) is 13.0 Å². The van der Waals surface area contributed by atoms with E-state index in [0.29, 0.717) is 16.4 Å². The molecule has 1 aliphatic carbocycles. The van der Waals surface area contributed by atoms with Crippen LogP contribution in [0.5, 0.6) is 0 Å². The first-order valence-electron chi connectivity index (χ1n) is 4.94. The molecule has 76 valence electrons. The van der Waals surface area contributed by atoms with Crippen LogP contribution in [0.4, 0.5) is 0 Å². The van der Waals surface area contributed by atoms with Crippen molar-refractivity contribution in [2.24, 2.45) is 11.1 Å². The lowest BCUT2D eigenvalue weighted by atomic mass is 10.0. The monoisotopic (exact) mass is 200 g/mol. The van der Waals surface area contributed by atoms with Crippen molar-refractivity contribution >= 4 is 17.2 Å². The van der Waals surface area contributed by atoms with Gasteiger partial charge in [0, 0.05) is 19.0 Å². The fourth-order valence-electron chi connectivity index (χ4n) is 1.65. The first-order valence-corrected chi connectivity index (χ1v) is 5.35. The highest BCUT2D eigenvalue weighted by Gasteiger charge is 2.43. The van der Waals surface area contributed by atoms with Crippen molar-refractivity contribution in [2.75, 3.05) is 13.6 Å². The van der Waals surface area contributed by atoms with Crippen LogP contribution in [0.1, 0.15) is 33.1 Å². The van der Waals surface area contributed by atoms with Gasteiger partial charge in [-0.1, -0.05) is 12.2 Å². The minimum absolute atomic E-state index is 0.435. The standard InChI is InChI=1S/C10H20N2S/c1-8(2)12(3)7-10(4-5-10)6-9(11)13/h8H,4-7H2,1-3H3,(H2,11,13). The van der Waals surface area contributed by atoms with Gasteiger partial charge in [-0.2, -0.15) is 0 Å². The Kier molecular flexibility index (Phi) is 3.30. The number of rotatable bonds is 5. The summed E-state index contributed by atoms with van der Waals surface area (Å²) in [5, 5.41) is 0. The van der Waals surface area contributed by atoms with E-state index in [-0.39, 0.29) is 0 Å². The molecule has 0 saturated heterocycles. The number of hydrogen-bond acceptors (Lipinski definition) is 2. The quantitative estimate of drug-likeness (QED) is 0.686. The van der Waals surface area contributed by atoms with Gasteiger partial charge in [-0.15, -0.1) is 0 Å². The molecule has 2 nitrogen and oxygen atoms in total. The van der Waals surface area contributed by atoms with Crippen LogP contribution < -0.4 is 5.73 Å². The predicted molar refractivity (Wildman–Crippen MR) is 60.8 cm³/mol. The highest BCUT2D eigenvalue weighted by atomic mass is 32.1. The average Bonchev–Trinajstić information content (AvgIpc) is 2.67. The first-order chi connectivity index (χ1) is 5.95. The number of thiocarbonyl (C=S) groups is 1. The van der Waals surface area contributed by atoms with E-state index >= 15 is 0 Å². The molecule has 1 rings (SSSR count). The van der Waals surface area contributed by atoms with Crippen molar-refractivity contribution in [2.45, 2.75) is 39.2 Å². The molecule has 0 aliphatic heterocycles. The zero-order chi connectivity index (χ0) is 10.1. The SMILES string of the molecule is CC(C)N(C)CC1(CC(N)=S)CC1. The Morgan fingerprint density at radius 3 is 2.38 bits per heavy atom. The molecule has 3 heteroatoms. The zero-order valence-corrected chi connectivity index (χ0v) is 9.66. The molecule has 1 saturated carbocycles. The molecular weight excluding hydrogens is 180 g/mol. The van der Waals surface area contributed by atoms with Gasteiger partial charge in [0.1, 0.15) is 0 Å². The zero-order valence-electron chi connectivity index (χ0n) is 8.84. The van der Waals surface area contributed by atoms with E-state index in [1.165, 1.54) is 12.8 Å². The predicted octanol–water partition coefficient (Wildman–Crippen LogP) is 1.78. The van der Waals surface area contributed by atoms with Gasteiger partial charge in [0.2, 0.25) is 0 Å². The maximum absolute atomic E-state index is 5.58. The van der Waals surface area contributed by atoms with Gasteiger partial charge in [0.25, 0.3) is 0 Å². The number of nitrogens with zero attached hydrogens (tertiary/aromatic N) is 1. The molecule has 1 fully saturated rings. The third-order valence-corrected chi connectivity index (χ3v) is 3.12. The Hall–Kier alpha value is -0.150. The van der Waals surface area contributed by atoms with E-state index in [2.05, 4.69) is 25.8 Å². The maximum atomic E-state index is 5.58. The molecule has 2 N–H and O–H groups in total. The minimum Gasteiger partial charge on any atom is -0.393 e. The van der Waals surface area contributed by atoms with Crippen LogP contribution in [-0.2, 0) is 0 Å². The summed E-state index contributed by atoms with van der Waals surface area (Å²) in [6, 6.07) is 0.615. The minimum atomic E-state index is 0.435. The molecule has 0 aromatic rings. The van der Waals surface area contributed by atoms with Gasteiger partial charge >= 0.3 is 0 Å². The summed E-state index contributed by atoms with van der Waals surface area (Å²) in [4.78, 5) is 3.06. The van der Waals surface area contributed by atoms with Crippen molar-refractivity contribution in [3.63, 3.8) is 0 Å². The van der Waals surface area contributed by atoms with Crippen LogP contribution in [-0.4, -0.2) is 29.5 Å². The van der Waals surface area contributed by atoms with Crippen LogP contribution in [0.25, 0.3) is 0 Å². The molecule has 0 unspecified atom stereocenters.